The summed E-state index contributed by atoms with van der Waals surface area (Å²) in [4.78, 5) is 31.6. The molecule has 1 unspecified atom stereocenters. The smallest absolute Gasteiger partial charge is 0.394 e. The van der Waals surface area contributed by atoms with E-state index in [4.69, 9.17) is 11.6 Å². The third kappa shape index (κ3) is 11.0. The molecule has 2 aliphatic rings. The second-order valence-electron chi connectivity index (χ2n) is 17.4. The number of halogens is 11. The number of sulfone groups is 1. The molecule has 4 N–H and O–H groups in total. The van der Waals surface area contributed by atoms with Crippen molar-refractivity contribution in [2.24, 2.45) is 5.92 Å². The molecule has 2 aromatic carbocycles. The molecule has 3 aromatic heterocycles. The van der Waals surface area contributed by atoms with Crippen LogP contribution >= 0.6 is 11.6 Å². The minimum Gasteiger partial charge on any atom is -0.394 e. The van der Waals surface area contributed by atoms with Crippen LogP contribution in [0.15, 0.2) is 42.5 Å². The highest BCUT2D eigenvalue weighted by atomic mass is 35.5. The standard InChI is InChI=1S/C43H39ClF10N8O8S2/c1-40(2,72(3,69)70)9-8-23-4-5-25(26-6-7-29(44)34-36(26)61(19-41(47,48)49)59-39(34)62(71(67)68)16-32(66)55-24(17-63)18-64)35(56-23)30(12-20-10-21(45)13-22(46)11-20)57-31(65)15-60-38-33(37(58-60)43(52,53)54)27-14-28(27)42(38,50)51/h4-7,10-11,13,24,27-28,30,63-64,71H,12,14-19H2,1-3H3,(H,55,66)(H,57,65)/t27-,28+,30?/m0/s1. The average Bonchev–Trinajstić information content (AvgIpc) is 3.77. The summed E-state index contributed by atoms with van der Waals surface area (Å²) >= 11 is 6.59. The topological polar surface area (TPSA) is 219 Å². The normalized spacial score (nSPS) is 16.9. The molecule has 5 aromatic rings. The van der Waals surface area contributed by atoms with Gasteiger partial charge in [0.05, 0.1) is 46.9 Å². The Morgan fingerprint density at radius 3 is 2.18 bits per heavy atom. The number of rotatable bonds is 16. The van der Waals surface area contributed by atoms with Gasteiger partial charge in [0.2, 0.25) is 22.7 Å². The molecule has 7 rings (SSSR count). The van der Waals surface area contributed by atoms with Crippen LogP contribution in [-0.2, 0) is 61.9 Å². The van der Waals surface area contributed by atoms with E-state index >= 15 is 8.78 Å². The lowest BCUT2D eigenvalue weighted by Crippen LogP contribution is -2.45. The van der Waals surface area contributed by atoms with Gasteiger partial charge >= 0.3 is 12.4 Å². The molecular weight excluding hydrogens is 1050 g/mol. The molecule has 0 saturated heterocycles. The lowest BCUT2D eigenvalue weighted by Gasteiger charge is -2.23. The van der Waals surface area contributed by atoms with Crippen LogP contribution in [0, 0.1) is 29.4 Å². The van der Waals surface area contributed by atoms with E-state index in [0.717, 1.165) is 42.7 Å². The fraction of sp³-hybridized carbons (Fsp3) is 0.419. The molecule has 3 heterocycles. The van der Waals surface area contributed by atoms with Crippen molar-refractivity contribution in [3.63, 3.8) is 0 Å². The lowest BCUT2D eigenvalue weighted by molar-refractivity contribution is -0.143. The van der Waals surface area contributed by atoms with Crippen LogP contribution in [-0.4, -0.2) is 106 Å². The maximum atomic E-state index is 15.6. The van der Waals surface area contributed by atoms with Crippen molar-refractivity contribution < 1.29 is 80.5 Å². The molecule has 72 heavy (non-hydrogen) atoms. The monoisotopic (exact) mass is 1080 g/mol. The van der Waals surface area contributed by atoms with Crippen molar-refractivity contribution in [2.75, 3.05) is 30.3 Å². The van der Waals surface area contributed by atoms with Crippen LogP contribution in [0.4, 0.5) is 49.7 Å². The zero-order chi connectivity index (χ0) is 53.2. The predicted molar refractivity (Wildman–Crippen MR) is 237 cm³/mol. The summed E-state index contributed by atoms with van der Waals surface area (Å²) in [6.07, 6.45) is -10.5. The Kier molecular flexibility index (Phi) is 14.5. The summed E-state index contributed by atoms with van der Waals surface area (Å²) in [6, 6.07) is 3.42. The Balaban J connectivity index is 1.46. The Morgan fingerprint density at radius 2 is 1.60 bits per heavy atom. The molecule has 29 heteroatoms. The van der Waals surface area contributed by atoms with E-state index < -0.39 is 175 Å². The van der Waals surface area contributed by atoms with Crippen LogP contribution in [0.3, 0.4) is 0 Å². The van der Waals surface area contributed by atoms with Crippen LogP contribution in [0.25, 0.3) is 22.0 Å². The quantitative estimate of drug-likeness (QED) is 0.0498. The molecule has 16 nitrogen and oxygen atoms in total. The summed E-state index contributed by atoms with van der Waals surface area (Å²) in [5.41, 5.74) is -5.91. The van der Waals surface area contributed by atoms with E-state index in [1.54, 1.807) is 0 Å². The van der Waals surface area contributed by atoms with Gasteiger partial charge in [-0.05, 0) is 74.4 Å². The SMILES string of the molecule is CC(C)(C#Cc1ccc(-c2ccc(Cl)c3c(N(CC(=O)NC(CO)CO)[SH](=O)=O)nn(CC(F)(F)F)c23)c(C(Cc2cc(F)cc(F)c2)NC(=O)Cn2nc(C(F)(F)F)c3c2C(F)(F)[C@@H]2C[C@H]32)n1)S(C)(=O)=O. The van der Waals surface area contributed by atoms with Crippen LogP contribution in [0.1, 0.15) is 66.1 Å². The highest BCUT2D eigenvalue weighted by Gasteiger charge is 2.68. The molecule has 1 fully saturated rings. The number of benzene rings is 2. The first-order chi connectivity index (χ1) is 33.3. The molecule has 0 spiro atoms. The first-order valence-electron chi connectivity index (χ1n) is 21.1. The molecular formula is C43H39ClF10N8O8S2. The number of amides is 2. The van der Waals surface area contributed by atoms with Crippen LogP contribution in [0.2, 0.25) is 5.02 Å². The van der Waals surface area contributed by atoms with Gasteiger partial charge in [0.15, 0.2) is 21.3 Å². The second-order valence-corrected chi connectivity index (χ2v) is 21.4. The van der Waals surface area contributed by atoms with E-state index in [-0.39, 0.29) is 42.5 Å². The zero-order valence-corrected chi connectivity index (χ0v) is 39.8. The Morgan fingerprint density at radius 1 is 0.958 bits per heavy atom. The number of nitrogens with one attached hydrogen (secondary N) is 2. The van der Waals surface area contributed by atoms with Crippen molar-refractivity contribution in [1.29, 1.82) is 0 Å². The largest absolute Gasteiger partial charge is 0.435 e. The Hall–Kier alpha value is -6.02. The number of carbonyl (C=O) groups is 2. The third-order valence-corrected chi connectivity index (χ3v) is 14.8. The van der Waals surface area contributed by atoms with Gasteiger partial charge in [-0.3, -0.25) is 19.0 Å². The van der Waals surface area contributed by atoms with E-state index in [9.17, 15) is 71.8 Å². The van der Waals surface area contributed by atoms with Crippen LogP contribution in [0.5, 0.6) is 0 Å². The molecule has 2 aliphatic carbocycles. The van der Waals surface area contributed by atoms with Gasteiger partial charge in [-0.15, -0.1) is 0 Å². The third-order valence-electron chi connectivity index (χ3n) is 11.8. The molecule has 0 aliphatic heterocycles. The maximum Gasteiger partial charge on any atom is 0.435 e. The Bertz CT molecular complexity index is 3230. The fourth-order valence-corrected chi connectivity index (χ4v) is 9.22. The predicted octanol–water partition coefficient (Wildman–Crippen LogP) is 5.09. The highest BCUT2D eigenvalue weighted by molar-refractivity contribution is 7.92. The van der Waals surface area contributed by atoms with Crippen molar-refractivity contribution in [1.82, 2.24) is 35.2 Å². The number of hydrogen-bond donors (Lipinski definition) is 5. The molecule has 388 valence electrons. The summed E-state index contributed by atoms with van der Waals surface area (Å²) in [6.45, 7) is -3.63. The number of aliphatic hydroxyl groups is 2. The number of fused-ring (bicyclic) bond motifs is 4. The van der Waals surface area contributed by atoms with Gasteiger partial charge in [0.25, 0.3) is 5.92 Å². The first kappa shape index (κ1) is 53.8. The van der Waals surface area contributed by atoms with E-state index in [2.05, 4.69) is 37.7 Å². The van der Waals surface area contributed by atoms with E-state index in [0.29, 0.717) is 6.07 Å². The number of aromatic nitrogens is 5. The van der Waals surface area contributed by atoms with Gasteiger partial charge in [0, 0.05) is 34.9 Å². The molecule has 2 amide bonds. The van der Waals surface area contributed by atoms with E-state index in [1.165, 1.54) is 13.8 Å². The summed E-state index contributed by atoms with van der Waals surface area (Å²) in [5.74, 6) is -7.14. The van der Waals surface area contributed by atoms with E-state index in [1.807, 2.05) is 0 Å². The number of aliphatic hydroxyl groups excluding tert-OH is 2. The molecule has 0 bridgehead atoms. The second kappa shape index (κ2) is 19.4. The molecule has 1 saturated carbocycles. The van der Waals surface area contributed by atoms with Crippen LogP contribution < -0.4 is 14.9 Å². The number of pyridine rings is 1. The number of hydrogen-bond acceptors (Lipinski definition) is 11. The van der Waals surface area contributed by atoms with Gasteiger partial charge in [-0.2, -0.15) is 45.3 Å². The number of anilines is 1. The molecule has 3 atom stereocenters. The minimum absolute atomic E-state index is 0.183. The summed E-state index contributed by atoms with van der Waals surface area (Å²) in [7, 11) is -7.87. The number of nitrogens with zero attached hydrogens (tertiary/aromatic N) is 6. The molecule has 0 radical (unpaired) electrons. The number of thiol groups is 1. The van der Waals surface area contributed by atoms with Gasteiger partial charge in [0.1, 0.15) is 47.4 Å². The average molecular weight is 1090 g/mol. The van der Waals surface area contributed by atoms with Crippen molar-refractivity contribution in [2.45, 2.75) is 80.8 Å². The van der Waals surface area contributed by atoms with Crippen molar-refractivity contribution in [3.05, 3.63) is 93.0 Å². The summed E-state index contributed by atoms with van der Waals surface area (Å²) in [5, 5.41) is 29.7. The van der Waals surface area contributed by atoms with Crippen molar-refractivity contribution in [3.8, 4) is 23.0 Å². The number of carbonyl (C=O) groups excluding carboxylic acids is 2. The zero-order valence-electron chi connectivity index (χ0n) is 37.3. The maximum absolute atomic E-state index is 15.6. The summed E-state index contributed by atoms with van der Waals surface area (Å²) < 4.78 is 196. The fourth-order valence-electron chi connectivity index (χ4n) is 8.21. The van der Waals surface area contributed by atoms with Gasteiger partial charge in [-0.25, -0.2) is 34.9 Å². The minimum atomic E-state index is -5.23. The van der Waals surface area contributed by atoms with Gasteiger partial charge in [-0.1, -0.05) is 23.6 Å². The van der Waals surface area contributed by atoms with Gasteiger partial charge < -0.3 is 20.8 Å². The number of alkyl halides is 8. The van der Waals surface area contributed by atoms with Crippen molar-refractivity contribution >= 4 is 60.9 Å². The highest BCUT2D eigenvalue weighted by Crippen LogP contribution is 2.68. The Labute approximate surface area is 408 Å². The first-order valence-corrected chi connectivity index (χ1v) is 24.5. The lowest BCUT2D eigenvalue weighted by atomic mass is 9.93.